The number of thiazole rings is 1. The largest absolute Gasteiger partial charge is 0.493 e. The molecule has 136 valence electrons. The molecule has 0 saturated heterocycles. The molecule has 0 fully saturated rings. The summed E-state index contributed by atoms with van der Waals surface area (Å²) in [6.45, 7) is 1.32. The SMILES string of the molecule is COc1cc(/C=c2\sc3nc(-c4cccs4)nn3c2=O)ccc1OC(C)=O. The van der Waals surface area contributed by atoms with Crippen LogP contribution in [0.4, 0.5) is 0 Å². The van der Waals surface area contributed by atoms with E-state index < -0.39 is 5.97 Å². The van der Waals surface area contributed by atoms with E-state index in [1.54, 1.807) is 24.3 Å². The third-order valence-electron chi connectivity index (χ3n) is 3.66. The zero-order valence-electron chi connectivity index (χ0n) is 14.3. The summed E-state index contributed by atoms with van der Waals surface area (Å²) in [6.07, 6.45) is 1.73. The molecule has 0 spiro atoms. The Labute approximate surface area is 161 Å². The van der Waals surface area contributed by atoms with Crippen LogP contribution in [0, 0.1) is 0 Å². The number of benzene rings is 1. The van der Waals surface area contributed by atoms with E-state index in [0.29, 0.717) is 26.8 Å². The van der Waals surface area contributed by atoms with Gasteiger partial charge in [0, 0.05) is 6.92 Å². The van der Waals surface area contributed by atoms with Crippen molar-refractivity contribution in [3.63, 3.8) is 0 Å². The number of fused-ring (bicyclic) bond motifs is 1. The number of ether oxygens (including phenoxy) is 2. The summed E-state index contributed by atoms with van der Waals surface area (Å²) in [5.41, 5.74) is 0.510. The fourth-order valence-corrected chi connectivity index (χ4v) is 4.07. The molecule has 3 aromatic heterocycles. The second kappa shape index (κ2) is 6.93. The lowest BCUT2D eigenvalue weighted by Gasteiger charge is -2.08. The molecule has 0 amide bonds. The second-order valence-electron chi connectivity index (χ2n) is 5.53. The van der Waals surface area contributed by atoms with Crippen molar-refractivity contribution in [2.75, 3.05) is 7.11 Å². The number of hydrogen-bond donors (Lipinski definition) is 0. The Morgan fingerprint density at radius 2 is 2.11 bits per heavy atom. The first-order valence-corrected chi connectivity index (χ1v) is 9.56. The maximum atomic E-state index is 12.6. The van der Waals surface area contributed by atoms with Crippen LogP contribution in [0.1, 0.15) is 12.5 Å². The zero-order valence-corrected chi connectivity index (χ0v) is 16.0. The van der Waals surface area contributed by atoms with Crippen LogP contribution < -0.4 is 19.6 Å². The number of aromatic nitrogens is 3. The van der Waals surface area contributed by atoms with Gasteiger partial charge in [0.1, 0.15) is 0 Å². The van der Waals surface area contributed by atoms with Crippen LogP contribution >= 0.6 is 22.7 Å². The first-order valence-electron chi connectivity index (χ1n) is 7.87. The Bertz CT molecular complexity index is 1240. The van der Waals surface area contributed by atoms with Gasteiger partial charge < -0.3 is 9.47 Å². The number of esters is 1. The molecule has 0 saturated carbocycles. The Kier molecular flexibility index (Phi) is 4.46. The van der Waals surface area contributed by atoms with Crippen LogP contribution in [-0.2, 0) is 4.79 Å². The summed E-state index contributed by atoms with van der Waals surface area (Å²) < 4.78 is 12.2. The van der Waals surface area contributed by atoms with Gasteiger partial charge in [-0.2, -0.15) is 9.50 Å². The van der Waals surface area contributed by atoms with Crippen LogP contribution in [0.2, 0.25) is 0 Å². The second-order valence-corrected chi connectivity index (χ2v) is 7.48. The van der Waals surface area contributed by atoms with Crippen molar-refractivity contribution in [1.29, 1.82) is 0 Å². The molecule has 4 rings (SSSR count). The van der Waals surface area contributed by atoms with Crippen molar-refractivity contribution < 1.29 is 14.3 Å². The molecule has 4 aromatic rings. The van der Waals surface area contributed by atoms with E-state index >= 15 is 0 Å². The summed E-state index contributed by atoms with van der Waals surface area (Å²) in [5, 5.41) is 6.25. The van der Waals surface area contributed by atoms with Gasteiger partial charge in [0.15, 0.2) is 17.3 Å². The first-order chi connectivity index (χ1) is 13.0. The summed E-state index contributed by atoms with van der Waals surface area (Å²) in [7, 11) is 1.49. The van der Waals surface area contributed by atoms with Crippen molar-refractivity contribution >= 4 is 39.7 Å². The fourth-order valence-electron chi connectivity index (χ4n) is 2.51. The van der Waals surface area contributed by atoms with Gasteiger partial charge in [-0.25, -0.2) is 0 Å². The van der Waals surface area contributed by atoms with Crippen molar-refractivity contribution in [1.82, 2.24) is 14.6 Å². The Balaban J connectivity index is 1.74. The van der Waals surface area contributed by atoms with E-state index in [-0.39, 0.29) is 5.56 Å². The summed E-state index contributed by atoms with van der Waals surface area (Å²) in [5.74, 6) is 0.852. The van der Waals surface area contributed by atoms with Crippen molar-refractivity contribution in [2.45, 2.75) is 6.92 Å². The minimum absolute atomic E-state index is 0.228. The van der Waals surface area contributed by atoms with Crippen LogP contribution in [-0.4, -0.2) is 27.7 Å². The number of carbonyl (C=O) groups is 1. The molecular formula is C18H13N3O4S2. The highest BCUT2D eigenvalue weighted by molar-refractivity contribution is 7.15. The molecule has 0 radical (unpaired) electrons. The smallest absolute Gasteiger partial charge is 0.308 e. The number of thiophene rings is 1. The Hall–Kier alpha value is -3.04. The van der Waals surface area contributed by atoms with E-state index in [1.807, 2.05) is 17.5 Å². The molecule has 27 heavy (non-hydrogen) atoms. The minimum atomic E-state index is -0.432. The van der Waals surface area contributed by atoms with E-state index in [0.717, 1.165) is 10.4 Å². The zero-order chi connectivity index (χ0) is 19.0. The predicted molar refractivity (Wildman–Crippen MR) is 104 cm³/mol. The molecule has 0 N–H and O–H groups in total. The lowest BCUT2D eigenvalue weighted by atomic mass is 10.2. The molecule has 0 aliphatic heterocycles. The number of nitrogens with zero attached hydrogens (tertiary/aromatic N) is 3. The van der Waals surface area contributed by atoms with Crippen molar-refractivity contribution in [3.8, 4) is 22.2 Å². The lowest BCUT2D eigenvalue weighted by molar-refractivity contribution is -0.132. The molecule has 0 bridgehead atoms. The van der Waals surface area contributed by atoms with Gasteiger partial charge in [-0.3, -0.25) is 9.59 Å². The standard InChI is InChI=1S/C18H13N3O4S2/c1-10(22)25-12-6-5-11(8-13(12)24-2)9-15-17(23)21-18(27-15)19-16(20-21)14-4-3-7-26-14/h3-9H,1-2H3/b15-9-. The maximum absolute atomic E-state index is 12.6. The molecule has 0 aliphatic rings. The lowest BCUT2D eigenvalue weighted by Crippen LogP contribution is -2.23. The summed E-state index contributed by atoms with van der Waals surface area (Å²) in [6, 6.07) is 8.90. The molecule has 1 aromatic carbocycles. The van der Waals surface area contributed by atoms with Crippen molar-refractivity contribution in [2.24, 2.45) is 0 Å². The first kappa shape index (κ1) is 17.4. The summed E-state index contributed by atoms with van der Waals surface area (Å²) in [4.78, 5) is 29.7. The molecule has 7 nitrogen and oxygen atoms in total. The van der Waals surface area contributed by atoms with Crippen LogP contribution in [0.25, 0.3) is 21.7 Å². The predicted octanol–water partition coefficient (Wildman–Crippen LogP) is 2.36. The van der Waals surface area contributed by atoms with Gasteiger partial charge in [-0.15, -0.1) is 16.4 Å². The Morgan fingerprint density at radius 1 is 1.26 bits per heavy atom. The van der Waals surface area contributed by atoms with E-state index in [9.17, 15) is 9.59 Å². The number of carbonyl (C=O) groups excluding carboxylic acids is 1. The molecule has 0 aliphatic carbocycles. The van der Waals surface area contributed by atoms with Gasteiger partial charge in [0.2, 0.25) is 4.96 Å². The third-order valence-corrected chi connectivity index (χ3v) is 5.49. The van der Waals surface area contributed by atoms with E-state index in [4.69, 9.17) is 9.47 Å². The van der Waals surface area contributed by atoms with Crippen LogP contribution in [0.15, 0.2) is 40.5 Å². The number of methoxy groups -OCH3 is 1. The highest BCUT2D eigenvalue weighted by Gasteiger charge is 2.13. The average Bonchev–Trinajstić information content (AvgIpc) is 3.35. The quantitative estimate of drug-likeness (QED) is 0.387. The summed E-state index contributed by atoms with van der Waals surface area (Å²) >= 11 is 2.79. The van der Waals surface area contributed by atoms with Gasteiger partial charge in [0.25, 0.3) is 5.56 Å². The number of hydrogen-bond acceptors (Lipinski definition) is 8. The Morgan fingerprint density at radius 3 is 2.78 bits per heavy atom. The molecular weight excluding hydrogens is 386 g/mol. The van der Waals surface area contributed by atoms with Crippen LogP contribution in [0.5, 0.6) is 11.5 Å². The van der Waals surface area contributed by atoms with Gasteiger partial charge >= 0.3 is 5.97 Å². The van der Waals surface area contributed by atoms with Crippen LogP contribution in [0.3, 0.4) is 0 Å². The van der Waals surface area contributed by atoms with E-state index in [2.05, 4.69) is 10.1 Å². The van der Waals surface area contributed by atoms with Crippen molar-refractivity contribution in [3.05, 3.63) is 56.2 Å². The normalized spacial score (nSPS) is 11.9. The maximum Gasteiger partial charge on any atom is 0.308 e. The fraction of sp³-hybridized carbons (Fsp3) is 0.111. The number of rotatable bonds is 4. The third kappa shape index (κ3) is 3.34. The van der Waals surface area contributed by atoms with Gasteiger partial charge in [-0.05, 0) is 35.2 Å². The van der Waals surface area contributed by atoms with Gasteiger partial charge in [0.05, 0.1) is 16.5 Å². The molecule has 0 unspecified atom stereocenters. The average molecular weight is 399 g/mol. The molecule has 0 atom stereocenters. The monoisotopic (exact) mass is 399 g/mol. The highest BCUT2D eigenvalue weighted by Crippen LogP contribution is 2.28. The van der Waals surface area contributed by atoms with Gasteiger partial charge in [-0.1, -0.05) is 23.5 Å². The molecule has 9 heteroatoms. The molecule has 3 heterocycles. The minimum Gasteiger partial charge on any atom is -0.493 e. The van der Waals surface area contributed by atoms with E-state index in [1.165, 1.54) is 41.2 Å². The topological polar surface area (TPSA) is 82.8 Å². The highest BCUT2D eigenvalue weighted by atomic mass is 32.1.